The zero-order valence-electron chi connectivity index (χ0n) is 15.1. The summed E-state index contributed by atoms with van der Waals surface area (Å²) in [7, 11) is 0. The number of esters is 1. The Bertz CT molecular complexity index is 734. The first-order valence-corrected chi connectivity index (χ1v) is 8.83. The van der Waals surface area contributed by atoms with Gasteiger partial charge in [0.2, 0.25) is 0 Å². The van der Waals surface area contributed by atoms with E-state index in [2.05, 4.69) is 0 Å². The van der Waals surface area contributed by atoms with Crippen LogP contribution in [0.3, 0.4) is 0 Å². The predicted molar refractivity (Wildman–Crippen MR) is 102 cm³/mol. The molecule has 144 valence electrons. The van der Waals surface area contributed by atoms with Crippen molar-refractivity contribution in [2.45, 2.75) is 6.42 Å². The van der Waals surface area contributed by atoms with Crippen LogP contribution in [0, 0.1) is 11.0 Å². The van der Waals surface area contributed by atoms with E-state index in [1.54, 1.807) is 12.1 Å². The SMILES string of the molecule is O=C(/C=C/c1ccc(F)cc1)OCC[N@@+]([O-])(CCO)CCc1ccccc1. The summed E-state index contributed by atoms with van der Waals surface area (Å²) in [6, 6.07) is 15.3. The number of hydrogen-bond acceptors (Lipinski definition) is 4. The summed E-state index contributed by atoms with van der Waals surface area (Å²) in [6.07, 6.45) is 3.34. The average molecular weight is 373 g/mol. The third-order valence-electron chi connectivity index (χ3n) is 4.18. The lowest BCUT2D eigenvalue weighted by Crippen LogP contribution is -2.48. The number of aliphatic hydroxyl groups is 1. The van der Waals surface area contributed by atoms with Crippen LogP contribution in [0.15, 0.2) is 60.7 Å². The molecule has 0 aliphatic rings. The van der Waals surface area contributed by atoms with Crippen LogP contribution in [0.25, 0.3) is 6.08 Å². The van der Waals surface area contributed by atoms with Gasteiger partial charge in [0.1, 0.15) is 25.5 Å². The Balaban J connectivity index is 1.80. The topological polar surface area (TPSA) is 69.6 Å². The van der Waals surface area contributed by atoms with Crippen LogP contribution in [0.2, 0.25) is 0 Å². The summed E-state index contributed by atoms with van der Waals surface area (Å²) in [5, 5.41) is 22.0. The highest BCUT2D eigenvalue weighted by Gasteiger charge is 2.17. The van der Waals surface area contributed by atoms with E-state index in [0.29, 0.717) is 18.5 Å². The van der Waals surface area contributed by atoms with Crippen LogP contribution in [0.1, 0.15) is 11.1 Å². The minimum absolute atomic E-state index is 0.0368. The highest BCUT2D eigenvalue weighted by molar-refractivity contribution is 5.87. The molecule has 1 N–H and O–H groups in total. The molecule has 0 saturated heterocycles. The van der Waals surface area contributed by atoms with Gasteiger partial charge in [-0.1, -0.05) is 42.5 Å². The molecule has 0 aliphatic heterocycles. The zero-order valence-corrected chi connectivity index (χ0v) is 15.1. The van der Waals surface area contributed by atoms with Crippen molar-refractivity contribution in [3.8, 4) is 0 Å². The van der Waals surface area contributed by atoms with E-state index < -0.39 is 10.6 Å². The normalized spacial score (nSPS) is 13.4. The molecule has 0 saturated carbocycles. The van der Waals surface area contributed by atoms with Gasteiger partial charge in [-0.15, -0.1) is 0 Å². The number of hydroxylamine groups is 3. The molecule has 0 fully saturated rings. The monoisotopic (exact) mass is 373 g/mol. The Hall–Kier alpha value is -2.54. The maximum atomic E-state index is 12.8. The van der Waals surface area contributed by atoms with Crippen molar-refractivity contribution >= 4 is 12.0 Å². The number of hydrogen-bond donors (Lipinski definition) is 1. The Labute approximate surface area is 158 Å². The molecule has 1 atom stereocenters. The van der Waals surface area contributed by atoms with Crippen molar-refractivity contribution < 1.29 is 23.7 Å². The maximum Gasteiger partial charge on any atom is 0.330 e. The number of nitrogens with zero attached hydrogens (tertiary/aromatic N) is 1. The second kappa shape index (κ2) is 10.6. The first-order valence-electron chi connectivity index (χ1n) is 8.83. The highest BCUT2D eigenvalue weighted by atomic mass is 19.1. The van der Waals surface area contributed by atoms with Crippen molar-refractivity contribution in [2.75, 3.05) is 32.8 Å². The molecule has 0 spiro atoms. The van der Waals surface area contributed by atoms with Gasteiger partial charge in [-0.05, 0) is 29.3 Å². The van der Waals surface area contributed by atoms with Gasteiger partial charge in [-0.2, -0.15) is 0 Å². The van der Waals surface area contributed by atoms with Crippen molar-refractivity contribution in [3.05, 3.63) is 82.8 Å². The van der Waals surface area contributed by atoms with Gasteiger partial charge < -0.3 is 19.7 Å². The summed E-state index contributed by atoms with van der Waals surface area (Å²) in [5.41, 5.74) is 1.72. The largest absolute Gasteiger partial charge is 0.633 e. The van der Waals surface area contributed by atoms with Gasteiger partial charge in [-0.3, -0.25) is 0 Å². The third kappa shape index (κ3) is 7.70. The lowest BCUT2D eigenvalue weighted by molar-refractivity contribution is -0.881. The number of carbonyl (C=O) groups is 1. The van der Waals surface area contributed by atoms with E-state index >= 15 is 0 Å². The molecule has 2 aromatic carbocycles. The zero-order chi connectivity index (χ0) is 19.5. The van der Waals surface area contributed by atoms with Crippen molar-refractivity contribution in [1.82, 2.24) is 0 Å². The molecule has 2 rings (SSSR count). The van der Waals surface area contributed by atoms with Gasteiger partial charge in [0, 0.05) is 12.5 Å². The molecule has 0 amide bonds. The van der Waals surface area contributed by atoms with Crippen molar-refractivity contribution in [2.24, 2.45) is 0 Å². The van der Waals surface area contributed by atoms with Crippen LogP contribution in [0.5, 0.6) is 0 Å². The van der Waals surface area contributed by atoms with Crippen LogP contribution >= 0.6 is 0 Å². The van der Waals surface area contributed by atoms with E-state index in [0.717, 1.165) is 5.56 Å². The average Bonchev–Trinajstić information content (AvgIpc) is 2.67. The molecule has 6 heteroatoms. The lowest BCUT2D eigenvalue weighted by Gasteiger charge is -2.42. The van der Waals surface area contributed by atoms with E-state index in [9.17, 15) is 19.5 Å². The van der Waals surface area contributed by atoms with Crippen LogP contribution in [-0.4, -0.2) is 48.6 Å². The van der Waals surface area contributed by atoms with Gasteiger partial charge >= 0.3 is 5.97 Å². The standard InChI is InChI=1S/C21H24FNO4/c22-20-9-6-19(7-10-20)8-11-21(25)27-17-15-23(26,14-16-24)13-12-18-4-2-1-3-5-18/h1-11,24H,12-17H2/b11-8+/t23-/m0/s1. The molecule has 0 aliphatic carbocycles. The van der Waals surface area contributed by atoms with Crippen LogP contribution in [-0.2, 0) is 16.0 Å². The number of benzene rings is 2. The fraction of sp³-hybridized carbons (Fsp3) is 0.286. The van der Waals surface area contributed by atoms with Gasteiger partial charge in [0.05, 0.1) is 13.2 Å². The van der Waals surface area contributed by atoms with E-state index in [4.69, 9.17) is 4.74 Å². The summed E-state index contributed by atoms with van der Waals surface area (Å²) in [5.74, 6) is -0.920. The number of ether oxygens (including phenoxy) is 1. The molecule has 0 bridgehead atoms. The van der Waals surface area contributed by atoms with Crippen LogP contribution < -0.4 is 0 Å². The first kappa shape index (κ1) is 20.8. The molecule has 0 radical (unpaired) electrons. The molecule has 5 nitrogen and oxygen atoms in total. The number of quaternary nitrogens is 1. The van der Waals surface area contributed by atoms with Crippen molar-refractivity contribution in [3.63, 3.8) is 0 Å². The third-order valence-corrected chi connectivity index (χ3v) is 4.18. The lowest BCUT2D eigenvalue weighted by atomic mass is 10.1. The van der Waals surface area contributed by atoms with Gasteiger partial charge in [0.25, 0.3) is 0 Å². The Morgan fingerprint density at radius 1 is 1.07 bits per heavy atom. The van der Waals surface area contributed by atoms with E-state index in [1.165, 1.54) is 24.3 Å². The fourth-order valence-electron chi connectivity index (χ4n) is 2.59. The minimum Gasteiger partial charge on any atom is -0.633 e. The van der Waals surface area contributed by atoms with Gasteiger partial charge in [0.15, 0.2) is 0 Å². The molecule has 2 aromatic rings. The number of rotatable bonds is 10. The summed E-state index contributed by atoms with van der Waals surface area (Å²) in [6.45, 7) is 0.161. The number of aliphatic hydroxyl groups excluding tert-OH is 1. The molecule has 27 heavy (non-hydrogen) atoms. The Morgan fingerprint density at radius 2 is 1.78 bits per heavy atom. The minimum atomic E-state index is -0.625. The first-order chi connectivity index (χ1) is 13.0. The molecule has 0 heterocycles. The summed E-state index contributed by atoms with van der Waals surface area (Å²) in [4.78, 5) is 11.8. The maximum absolute atomic E-state index is 12.8. The number of halogens is 1. The van der Waals surface area contributed by atoms with Crippen LogP contribution in [0.4, 0.5) is 4.39 Å². The Kier molecular flexibility index (Phi) is 8.13. The van der Waals surface area contributed by atoms with Crippen molar-refractivity contribution in [1.29, 1.82) is 0 Å². The summed E-state index contributed by atoms with van der Waals surface area (Å²) >= 11 is 0. The molecular formula is C21H24FNO4. The smallest absolute Gasteiger partial charge is 0.330 e. The predicted octanol–water partition coefficient (Wildman–Crippen LogP) is 2.93. The Morgan fingerprint density at radius 3 is 2.44 bits per heavy atom. The quantitative estimate of drug-likeness (QED) is 0.301. The van der Waals surface area contributed by atoms with Gasteiger partial charge in [-0.25, -0.2) is 9.18 Å². The fourth-order valence-corrected chi connectivity index (χ4v) is 2.59. The molecule has 0 aromatic heterocycles. The molecule has 0 unspecified atom stereocenters. The number of carbonyl (C=O) groups excluding carboxylic acids is 1. The van der Waals surface area contributed by atoms with E-state index in [-0.39, 0.29) is 32.1 Å². The van der Waals surface area contributed by atoms with E-state index in [1.807, 2.05) is 30.3 Å². The molecular weight excluding hydrogens is 349 g/mol. The second-order valence-electron chi connectivity index (χ2n) is 6.24. The summed E-state index contributed by atoms with van der Waals surface area (Å²) < 4.78 is 17.3. The second-order valence-corrected chi connectivity index (χ2v) is 6.24. The highest BCUT2D eigenvalue weighted by Crippen LogP contribution is 2.09.